The molecule has 0 heterocycles. The molecule has 0 aromatic heterocycles. The van der Waals surface area contributed by atoms with Crippen LogP contribution in [0.5, 0.6) is 0 Å². The largest absolute Gasteiger partial charge is 0.480 e. The van der Waals surface area contributed by atoms with E-state index in [1.807, 2.05) is 32.9 Å². The maximum atomic E-state index is 12.3. The molecule has 20 heavy (non-hydrogen) atoms. The summed E-state index contributed by atoms with van der Waals surface area (Å²) in [5, 5.41) is 8.98. The molecule has 5 heteroatoms. The minimum absolute atomic E-state index is 0.277. The number of rotatable bonds is 6. The maximum absolute atomic E-state index is 12.3. The van der Waals surface area contributed by atoms with E-state index in [0.29, 0.717) is 12.1 Å². The quantitative estimate of drug-likeness (QED) is 0.831. The van der Waals surface area contributed by atoms with Gasteiger partial charge in [0.25, 0.3) is 0 Å². The van der Waals surface area contributed by atoms with Gasteiger partial charge in [0.2, 0.25) is 5.91 Å². The molecule has 0 fully saturated rings. The number of carboxylic acids is 1. The van der Waals surface area contributed by atoms with Crippen LogP contribution in [0, 0.1) is 12.8 Å². The fraction of sp³-hybridized carbons (Fsp3) is 0.467. The number of carbonyl (C=O) groups is 2. The summed E-state index contributed by atoms with van der Waals surface area (Å²) in [6, 6.07) is 6.46. The first-order valence-electron chi connectivity index (χ1n) is 6.66. The minimum atomic E-state index is -1.06. The average Bonchev–Trinajstić information content (AvgIpc) is 2.35. The monoisotopic (exact) mass is 278 g/mol. The highest BCUT2D eigenvalue weighted by Crippen LogP contribution is 2.17. The van der Waals surface area contributed by atoms with E-state index in [4.69, 9.17) is 10.8 Å². The van der Waals surface area contributed by atoms with Gasteiger partial charge in [-0.25, -0.2) is 0 Å². The topological polar surface area (TPSA) is 83.6 Å². The van der Waals surface area contributed by atoms with Crippen molar-refractivity contribution in [2.75, 3.05) is 11.4 Å². The van der Waals surface area contributed by atoms with Crippen molar-refractivity contribution in [3.63, 3.8) is 0 Å². The van der Waals surface area contributed by atoms with Gasteiger partial charge in [-0.1, -0.05) is 31.5 Å². The Morgan fingerprint density at radius 3 is 2.25 bits per heavy atom. The second-order valence-electron chi connectivity index (χ2n) is 5.39. The van der Waals surface area contributed by atoms with Crippen molar-refractivity contribution in [3.05, 3.63) is 29.8 Å². The molecule has 3 N–H and O–H groups in total. The van der Waals surface area contributed by atoms with E-state index in [1.165, 1.54) is 4.90 Å². The first-order valence-corrected chi connectivity index (χ1v) is 6.66. The van der Waals surface area contributed by atoms with Gasteiger partial charge in [0, 0.05) is 5.69 Å². The smallest absolute Gasteiger partial charge is 0.323 e. The van der Waals surface area contributed by atoms with Crippen LogP contribution in [-0.4, -0.2) is 29.6 Å². The van der Waals surface area contributed by atoms with E-state index in [-0.39, 0.29) is 18.4 Å². The van der Waals surface area contributed by atoms with Crippen LogP contribution in [0.15, 0.2) is 24.3 Å². The highest BCUT2D eigenvalue weighted by molar-refractivity contribution is 6.00. The average molecular weight is 278 g/mol. The number of carbonyl (C=O) groups excluding carboxylic acids is 1. The molecule has 1 amide bonds. The molecule has 0 aliphatic carbocycles. The summed E-state index contributed by atoms with van der Waals surface area (Å²) in [7, 11) is 0. The van der Waals surface area contributed by atoms with E-state index in [2.05, 4.69) is 0 Å². The Balaban J connectivity index is 2.96. The molecule has 1 rings (SSSR count). The predicted molar refractivity (Wildman–Crippen MR) is 78.6 cm³/mol. The summed E-state index contributed by atoms with van der Waals surface area (Å²) in [6.07, 6.45) is 0.529. The summed E-state index contributed by atoms with van der Waals surface area (Å²) in [6.45, 7) is 5.49. The van der Waals surface area contributed by atoms with Gasteiger partial charge in [-0.2, -0.15) is 0 Å². The van der Waals surface area contributed by atoms with E-state index >= 15 is 0 Å². The van der Waals surface area contributed by atoms with Crippen LogP contribution in [0.25, 0.3) is 0 Å². The lowest BCUT2D eigenvalue weighted by atomic mass is 10.0. The standard InChI is InChI=1S/C15H22N2O3/c1-10(2)8-13(16)15(20)17(9-14(18)19)12-6-4-11(3)5-7-12/h4-7,10,13H,8-9,16H2,1-3H3,(H,18,19)/t13-/m1/s1. The van der Waals surface area contributed by atoms with Crippen LogP contribution in [0.2, 0.25) is 0 Å². The van der Waals surface area contributed by atoms with Gasteiger partial charge in [-0.15, -0.1) is 0 Å². The van der Waals surface area contributed by atoms with Gasteiger partial charge < -0.3 is 10.8 Å². The van der Waals surface area contributed by atoms with Crippen molar-refractivity contribution in [2.45, 2.75) is 33.2 Å². The molecule has 0 spiro atoms. The SMILES string of the molecule is Cc1ccc(N(CC(=O)O)C(=O)[C@H](N)CC(C)C)cc1. The van der Waals surface area contributed by atoms with Crippen LogP contribution in [-0.2, 0) is 9.59 Å². The summed E-state index contributed by atoms with van der Waals surface area (Å²) >= 11 is 0. The summed E-state index contributed by atoms with van der Waals surface area (Å²) in [4.78, 5) is 24.5. The predicted octanol–water partition coefficient (Wildman–Crippen LogP) is 1.79. The third-order valence-corrected chi connectivity index (χ3v) is 2.95. The highest BCUT2D eigenvalue weighted by atomic mass is 16.4. The number of nitrogens with two attached hydrogens (primary N) is 1. The molecule has 0 aliphatic heterocycles. The lowest BCUT2D eigenvalue weighted by Crippen LogP contribution is -2.46. The second kappa shape index (κ2) is 7.05. The van der Waals surface area contributed by atoms with Crippen molar-refractivity contribution in [3.8, 4) is 0 Å². The molecular weight excluding hydrogens is 256 g/mol. The fourth-order valence-electron chi connectivity index (χ4n) is 1.97. The Hall–Kier alpha value is -1.88. The second-order valence-corrected chi connectivity index (χ2v) is 5.39. The van der Waals surface area contributed by atoms with Crippen LogP contribution >= 0.6 is 0 Å². The Morgan fingerprint density at radius 1 is 1.25 bits per heavy atom. The zero-order chi connectivity index (χ0) is 15.3. The van der Waals surface area contributed by atoms with Crippen molar-refractivity contribution in [1.82, 2.24) is 0 Å². The molecule has 0 aliphatic rings. The van der Waals surface area contributed by atoms with Crippen molar-refractivity contribution < 1.29 is 14.7 Å². The number of amides is 1. The first-order chi connectivity index (χ1) is 9.31. The number of anilines is 1. The fourth-order valence-corrected chi connectivity index (χ4v) is 1.97. The number of carboxylic acid groups (broad SMARTS) is 1. The third-order valence-electron chi connectivity index (χ3n) is 2.95. The van der Waals surface area contributed by atoms with E-state index < -0.39 is 12.0 Å². The molecule has 0 radical (unpaired) electrons. The van der Waals surface area contributed by atoms with Crippen LogP contribution in [0.3, 0.4) is 0 Å². The van der Waals surface area contributed by atoms with Crippen molar-refractivity contribution >= 4 is 17.6 Å². The lowest BCUT2D eigenvalue weighted by molar-refractivity contribution is -0.136. The van der Waals surface area contributed by atoms with Crippen LogP contribution in [0.1, 0.15) is 25.8 Å². The highest BCUT2D eigenvalue weighted by Gasteiger charge is 2.24. The molecule has 1 aromatic carbocycles. The van der Waals surface area contributed by atoms with Crippen LogP contribution in [0.4, 0.5) is 5.69 Å². The Kier molecular flexibility index (Phi) is 5.70. The molecular formula is C15H22N2O3. The number of aryl methyl sites for hydroxylation is 1. The van der Waals surface area contributed by atoms with E-state index in [1.54, 1.807) is 12.1 Å². The Bertz CT molecular complexity index is 469. The van der Waals surface area contributed by atoms with Crippen LogP contribution < -0.4 is 10.6 Å². The molecule has 1 atom stereocenters. The molecule has 0 saturated carbocycles. The molecule has 5 nitrogen and oxygen atoms in total. The van der Waals surface area contributed by atoms with E-state index in [0.717, 1.165) is 5.56 Å². The van der Waals surface area contributed by atoms with Gasteiger partial charge in [-0.3, -0.25) is 14.5 Å². The molecule has 0 saturated heterocycles. The minimum Gasteiger partial charge on any atom is -0.480 e. The molecule has 0 bridgehead atoms. The van der Waals surface area contributed by atoms with E-state index in [9.17, 15) is 9.59 Å². The number of nitrogens with zero attached hydrogens (tertiary/aromatic N) is 1. The lowest BCUT2D eigenvalue weighted by Gasteiger charge is -2.25. The molecule has 110 valence electrons. The third kappa shape index (κ3) is 4.66. The van der Waals surface area contributed by atoms with Crippen molar-refractivity contribution in [2.24, 2.45) is 11.7 Å². The number of hydrogen-bond acceptors (Lipinski definition) is 3. The zero-order valence-corrected chi connectivity index (χ0v) is 12.2. The van der Waals surface area contributed by atoms with Gasteiger partial charge in [0.1, 0.15) is 6.54 Å². The molecule has 0 unspecified atom stereocenters. The Labute approximate surface area is 119 Å². The summed E-state index contributed by atoms with van der Waals surface area (Å²) in [5.41, 5.74) is 7.48. The number of hydrogen-bond donors (Lipinski definition) is 2. The van der Waals surface area contributed by atoms with Gasteiger partial charge >= 0.3 is 5.97 Å². The van der Waals surface area contributed by atoms with Gasteiger partial charge in [0.05, 0.1) is 6.04 Å². The Morgan fingerprint density at radius 2 is 1.80 bits per heavy atom. The summed E-state index contributed by atoms with van der Waals surface area (Å²) < 4.78 is 0. The molecule has 1 aromatic rings. The van der Waals surface area contributed by atoms with Gasteiger partial charge in [-0.05, 0) is 31.4 Å². The van der Waals surface area contributed by atoms with Gasteiger partial charge in [0.15, 0.2) is 0 Å². The zero-order valence-electron chi connectivity index (χ0n) is 12.2. The normalized spacial score (nSPS) is 12.2. The maximum Gasteiger partial charge on any atom is 0.323 e. The number of aliphatic carboxylic acids is 1. The number of benzene rings is 1. The first kappa shape index (κ1) is 16.2. The van der Waals surface area contributed by atoms with Crippen molar-refractivity contribution in [1.29, 1.82) is 0 Å². The summed E-state index contributed by atoms with van der Waals surface area (Å²) in [5.74, 6) is -1.14.